The maximum atomic E-state index is 13.7. The molecule has 2 aromatic carbocycles. The molecular weight excluding hydrogens is 443 g/mol. The van der Waals surface area contributed by atoms with Gasteiger partial charge in [0.05, 0.1) is 5.71 Å². The van der Waals surface area contributed by atoms with Crippen LogP contribution in [0.4, 0.5) is 13.2 Å². The maximum Gasteiger partial charge on any atom is 0.403 e. The lowest BCUT2D eigenvalue weighted by Gasteiger charge is -2.23. The molecule has 0 aromatic heterocycles. The molecule has 0 aliphatic carbocycles. The SMILES string of the molecule is CC(=O)/C=C/c1ccc(CCC2C(c3ccc(Cl)cc3)=NSC2C(F)(F)F)c(C)c1C. The van der Waals surface area contributed by atoms with Gasteiger partial charge in [-0.1, -0.05) is 41.9 Å². The topological polar surface area (TPSA) is 29.4 Å². The van der Waals surface area contributed by atoms with Gasteiger partial charge in [-0.25, -0.2) is 4.40 Å². The lowest BCUT2D eigenvalue weighted by molar-refractivity contribution is -0.133. The van der Waals surface area contributed by atoms with Crippen molar-refractivity contribution in [2.24, 2.45) is 10.3 Å². The molecule has 164 valence electrons. The third kappa shape index (κ3) is 5.60. The van der Waals surface area contributed by atoms with Crippen molar-refractivity contribution in [3.05, 3.63) is 75.3 Å². The first kappa shape index (κ1) is 23.6. The quantitative estimate of drug-likeness (QED) is 0.333. The van der Waals surface area contributed by atoms with Gasteiger partial charge in [0.15, 0.2) is 5.78 Å². The van der Waals surface area contributed by atoms with Crippen molar-refractivity contribution >= 4 is 41.1 Å². The molecule has 0 amide bonds. The van der Waals surface area contributed by atoms with Crippen molar-refractivity contribution < 1.29 is 18.0 Å². The van der Waals surface area contributed by atoms with E-state index in [2.05, 4.69) is 4.40 Å². The van der Waals surface area contributed by atoms with Crippen molar-refractivity contribution in [3.63, 3.8) is 0 Å². The second-order valence-corrected chi connectivity index (χ2v) is 9.04. The summed E-state index contributed by atoms with van der Waals surface area (Å²) in [6.07, 6.45) is -0.207. The Hall–Kier alpha value is -2.05. The summed E-state index contributed by atoms with van der Waals surface area (Å²) in [5.41, 5.74) is 5.14. The molecule has 0 fully saturated rings. The number of rotatable bonds is 6. The summed E-state index contributed by atoms with van der Waals surface area (Å²) in [5, 5.41) is -1.03. The van der Waals surface area contributed by atoms with Crippen LogP contribution in [0.15, 0.2) is 46.9 Å². The number of halogens is 4. The Balaban J connectivity index is 1.84. The molecule has 1 aliphatic rings. The number of carbonyl (C=O) groups is 1. The minimum absolute atomic E-state index is 0.0351. The van der Waals surface area contributed by atoms with Gasteiger partial charge in [-0.15, -0.1) is 0 Å². The number of nitrogens with zero attached hydrogens (tertiary/aromatic N) is 1. The van der Waals surface area contributed by atoms with Gasteiger partial charge in [0.1, 0.15) is 5.25 Å². The van der Waals surface area contributed by atoms with E-state index in [1.165, 1.54) is 13.0 Å². The molecule has 0 spiro atoms. The van der Waals surface area contributed by atoms with Gasteiger partial charge in [0.25, 0.3) is 0 Å². The molecule has 0 bridgehead atoms. The van der Waals surface area contributed by atoms with E-state index in [0.29, 0.717) is 41.1 Å². The Morgan fingerprint density at radius 2 is 1.81 bits per heavy atom. The lowest BCUT2D eigenvalue weighted by Crippen LogP contribution is -2.34. The number of alkyl halides is 3. The molecule has 2 nitrogen and oxygen atoms in total. The van der Waals surface area contributed by atoms with Crippen LogP contribution in [0, 0.1) is 19.8 Å². The molecule has 3 rings (SSSR count). The molecule has 0 saturated carbocycles. The minimum Gasteiger partial charge on any atom is -0.295 e. The highest BCUT2D eigenvalue weighted by molar-refractivity contribution is 7.99. The molecular formula is C24H23ClF3NOS. The smallest absolute Gasteiger partial charge is 0.295 e. The van der Waals surface area contributed by atoms with E-state index in [4.69, 9.17) is 11.6 Å². The van der Waals surface area contributed by atoms with Gasteiger partial charge in [-0.3, -0.25) is 4.79 Å². The predicted octanol–water partition coefficient (Wildman–Crippen LogP) is 7.19. The largest absolute Gasteiger partial charge is 0.403 e. The van der Waals surface area contributed by atoms with Crippen molar-refractivity contribution in [2.45, 2.75) is 45.0 Å². The Morgan fingerprint density at radius 1 is 1.13 bits per heavy atom. The van der Waals surface area contributed by atoms with E-state index in [1.807, 2.05) is 26.0 Å². The number of benzene rings is 2. The van der Waals surface area contributed by atoms with Crippen LogP contribution in [-0.4, -0.2) is 22.9 Å². The summed E-state index contributed by atoms with van der Waals surface area (Å²) in [7, 11) is 0. The summed E-state index contributed by atoms with van der Waals surface area (Å²) in [6.45, 7) is 5.42. The summed E-state index contributed by atoms with van der Waals surface area (Å²) < 4.78 is 45.3. The molecule has 1 aliphatic heterocycles. The van der Waals surface area contributed by atoms with Gasteiger partial charge in [-0.05, 0) is 91.6 Å². The van der Waals surface area contributed by atoms with Crippen LogP contribution in [0.1, 0.15) is 41.2 Å². The van der Waals surface area contributed by atoms with Crippen LogP contribution in [0.5, 0.6) is 0 Å². The van der Waals surface area contributed by atoms with E-state index < -0.39 is 17.3 Å². The summed E-state index contributed by atoms with van der Waals surface area (Å²) in [4.78, 5) is 11.2. The second-order valence-electron chi connectivity index (χ2n) is 7.70. The Morgan fingerprint density at radius 3 is 2.42 bits per heavy atom. The van der Waals surface area contributed by atoms with Crippen LogP contribution in [0.3, 0.4) is 0 Å². The Kier molecular flexibility index (Phi) is 7.32. The minimum atomic E-state index is -4.33. The zero-order chi connectivity index (χ0) is 22.8. The molecule has 1 heterocycles. The first-order valence-electron chi connectivity index (χ1n) is 9.92. The van der Waals surface area contributed by atoms with Crippen molar-refractivity contribution in [3.8, 4) is 0 Å². The number of hydrogen-bond acceptors (Lipinski definition) is 3. The van der Waals surface area contributed by atoms with Crippen LogP contribution >= 0.6 is 23.5 Å². The summed E-state index contributed by atoms with van der Waals surface area (Å²) in [5.74, 6) is -0.768. The highest BCUT2D eigenvalue weighted by atomic mass is 35.5. The normalized spacial score (nSPS) is 19.1. The van der Waals surface area contributed by atoms with E-state index in [1.54, 1.807) is 30.3 Å². The Labute approximate surface area is 189 Å². The third-order valence-electron chi connectivity index (χ3n) is 5.61. The number of carbonyl (C=O) groups excluding carboxylic acids is 1. The van der Waals surface area contributed by atoms with Crippen molar-refractivity contribution in [2.75, 3.05) is 0 Å². The zero-order valence-corrected chi connectivity index (χ0v) is 19.0. The molecule has 0 N–H and O–H groups in total. The first-order valence-corrected chi connectivity index (χ1v) is 11.1. The van der Waals surface area contributed by atoms with Crippen molar-refractivity contribution in [1.29, 1.82) is 0 Å². The monoisotopic (exact) mass is 465 g/mol. The van der Waals surface area contributed by atoms with Crippen molar-refractivity contribution in [1.82, 2.24) is 0 Å². The van der Waals surface area contributed by atoms with Crippen LogP contribution < -0.4 is 0 Å². The van der Waals surface area contributed by atoms with Crippen LogP contribution in [0.25, 0.3) is 6.08 Å². The second kappa shape index (κ2) is 9.61. The molecule has 2 atom stereocenters. The van der Waals surface area contributed by atoms with Gasteiger partial charge in [-0.2, -0.15) is 13.2 Å². The molecule has 2 aromatic rings. The fourth-order valence-corrected chi connectivity index (χ4v) is 4.85. The van der Waals surface area contributed by atoms with E-state index in [9.17, 15) is 18.0 Å². The first-order chi connectivity index (χ1) is 14.6. The summed E-state index contributed by atoms with van der Waals surface area (Å²) in [6, 6.07) is 10.6. The van der Waals surface area contributed by atoms with E-state index in [0.717, 1.165) is 22.3 Å². The molecule has 0 radical (unpaired) electrons. The third-order valence-corrected chi connectivity index (χ3v) is 6.98. The predicted molar refractivity (Wildman–Crippen MR) is 123 cm³/mol. The molecule has 7 heteroatoms. The fraction of sp³-hybridized carbons (Fsp3) is 0.333. The number of aryl methyl sites for hydroxylation is 1. The lowest BCUT2D eigenvalue weighted by atomic mass is 9.86. The molecule has 0 saturated heterocycles. The molecule has 2 unspecified atom stereocenters. The highest BCUT2D eigenvalue weighted by Crippen LogP contribution is 2.45. The number of hydrogen-bond donors (Lipinski definition) is 0. The number of allylic oxidation sites excluding steroid dienone is 1. The van der Waals surface area contributed by atoms with E-state index in [-0.39, 0.29) is 5.78 Å². The van der Waals surface area contributed by atoms with Gasteiger partial charge >= 0.3 is 6.18 Å². The zero-order valence-electron chi connectivity index (χ0n) is 17.5. The average molecular weight is 466 g/mol. The number of ketones is 1. The van der Waals surface area contributed by atoms with Gasteiger partial charge in [0, 0.05) is 10.9 Å². The van der Waals surface area contributed by atoms with Gasteiger partial charge in [0.2, 0.25) is 0 Å². The maximum absolute atomic E-state index is 13.7. The standard InChI is InChI=1S/C24H23ClF3NOS/c1-14(30)4-5-17-6-7-18(16(3)15(17)2)10-13-21-22(19-8-11-20(25)12-9-19)29-31-23(21)24(26,27)28/h4-9,11-12,21,23H,10,13H2,1-3H3/b5-4+. The summed E-state index contributed by atoms with van der Waals surface area (Å²) >= 11 is 6.54. The van der Waals surface area contributed by atoms with Gasteiger partial charge < -0.3 is 0 Å². The van der Waals surface area contributed by atoms with Crippen LogP contribution in [0.2, 0.25) is 5.02 Å². The average Bonchev–Trinajstić information content (AvgIpc) is 3.13. The Bertz CT molecular complexity index is 1030. The fourth-order valence-electron chi connectivity index (χ4n) is 3.73. The highest BCUT2D eigenvalue weighted by Gasteiger charge is 2.50. The van der Waals surface area contributed by atoms with Crippen LogP contribution in [-0.2, 0) is 11.2 Å². The van der Waals surface area contributed by atoms with E-state index >= 15 is 0 Å². The molecule has 31 heavy (non-hydrogen) atoms.